The Kier molecular flexibility index (Phi) is 4.82. The van der Waals surface area contributed by atoms with Crippen LogP contribution in [0.25, 0.3) is 0 Å². The zero-order valence-corrected chi connectivity index (χ0v) is 10.4. The maximum atomic E-state index is 4.42. The molecule has 0 amide bonds. The molecule has 0 aliphatic heterocycles. The van der Waals surface area contributed by atoms with Crippen LogP contribution < -0.4 is 5.32 Å². The van der Waals surface area contributed by atoms with Crippen LogP contribution in [0.5, 0.6) is 0 Å². The van der Waals surface area contributed by atoms with Crippen molar-refractivity contribution in [2.24, 2.45) is 5.92 Å². The third-order valence-electron chi connectivity index (χ3n) is 2.69. The lowest BCUT2D eigenvalue weighted by Crippen LogP contribution is -2.12. The molecule has 0 unspecified atom stereocenters. The van der Waals surface area contributed by atoms with Crippen LogP contribution in [0, 0.1) is 12.8 Å². The minimum absolute atomic E-state index is 0.741. The largest absolute Gasteiger partial charge is 0.313 e. The fourth-order valence-electron chi connectivity index (χ4n) is 1.52. The van der Waals surface area contributed by atoms with E-state index in [4.69, 9.17) is 0 Å². The molecule has 15 heavy (non-hydrogen) atoms. The summed E-state index contributed by atoms with van der Waals surface area (Å²) in [5.74, 6) is 0.741. The molecule has 1 aromatic heterocycles. The van der Waals surface area contributed by atoms with Gasteiger partial charge in [0.05, 0.1) is 6.20 Å². The maximum absolute atomic E-state index is 4.42. The van der Waals surface area contributed by atoms with Crippen molar-refractivity contribution in [2.45, 2.75) is 47.2 Å². The Morgan fingerprint density at radius 2 is 2.20 bits per heavy atom. The van der Waals surface area contributed by atoms with Crippen LogP contribution >= 0.6 is 0 Å². The van der Waals surface area contributed by atoms with Crippen molar-refractivity contribution in [3.63, 3.8) is 0 Å². The average molecular weight is 209 g/mol. The zero-order chi connectivity index (χ0) is 11.3. The molecule has 0 spiro atoms. The van der Waals surface area contributed by atoms with Crippen LogP contribution in [0.15, 0.2) is 6.20 Å². The molecule has 0 aliphatic carbocycles. The van der Waals surface area contributed by atoms with Gasteiger partial charge in [-0.2, -0.15) is 5.10 Å². The van der Waals surface area contributed by atoms with Gasteiger partial charge in [-0.15, -0.1) is 0 Å². The van der Waals surface area contributed by atoms with Crippen LogP contribution in [-0.4, -0.2) is 16.3 Å². The van der Waals surface area contributed by atoms with Crippen molar-refractivity contribution >= 4 is 0 Å². The molecule has 3 nitrogen and oxygen atoms in total. The van der Waals surface area contributed by atoms with Crippen LogP contribution in [0.3, 0.4) is 0 Å². The van der Waals surface area contributed by atoms with E-state index in [2.05, 4.69) is 42.8 Å². The van der Waals surface area contributed by atoms with Gasteiger partial charge in [-0.05, 0) is 25.8 Å². The Morgan fingerprint density at radius 3 is 2.80 bits per heavy atom. The molecule has 0 aromatic carbocycles. The van der Waals surface area contributed by atoms with E-state index in [1.807, 2.05) is 6.20 Å². The molecule has 0 aliphatic rings. The van der Waals surface area contributed by atoms with Gasteiger partial charge in [0.25, 0.3) is 0 Å². The van der Waals surface area contributed by atoms with Crippen LogP contribution in [0.2, 0.25) is 0 Å². The first-order chi connectivity index (χ1) is 7.15. The quantitative estimate of drug-likeness (QED) is 0.779. The third-order valence-corrected chi connectivity index (χ3v) is 2.69. The SMILES string of the molecule is CCNCc1cnn(CCC(C)C)c1C. The molecular weight excluding hydrogens is 186 g/mol. The lowest BCUT2D eigenvalue weighted by Gasteiger charge is -2.07. The highest BCUT2D eigenvalue weighted by Crippen LogP contribution is 2.09. The summed E-state index contributed by atoms with van der Waals surface area (Å²) in [4.78, 5) is 0. The number of nitrogens with one attached hydrogen (secondary N) is 1. The normalized spacial score (nSPS) is 11.3. The summed E-state index contributed by atoms with van der Waals surface area (Å²) >= 11 is 0. The first-order valence-corrected chi connectivity index (χ1v) is 5.87. The van der Waals surface area contributed by atoms with Gasteiger partial charge in [0.15, 0.2) is 0 Å². The van der Waals surface area contributed by atoms with Gasteiger partial charge < -0.3 is 5.32 Å². The predicted molar refractivity (Wildman–Crippen MR) is 63.8 cm³/mol. The monoisotopic (exact) mass is 209 g/mol. The number of hydrogen-bond donors (Lipinski definition) is 1. The number of aryl methyl sites for hydroxylation is 1. The summed E-state index contributed by atoms with van der Waals surface area (Å²) in [7, 11) is 0. The van der Waals surface area contributed by atoms with E-state index >= 15 is 0 Å². The molecule has 1 N–H and O–H groups in total. The van der Waals surface area contributed by atoms with Crippen molar-refractivity contribution < 1.29 is 0 Å². The van der Waals surface area contributed by atoms with Gasteiger partial charge in [0, 0.05) is 24.3 Å². The molecule has 0 atom stereocenters. The molecule has 86 valence electrons. The Bertz CT molecular complexity index is 289. The minimum Gasteiger partial charge on any atom is -0.313 e. The highest BCUT2D eigenvalue weighted by molar-refractivity contribution is 5.15. The van der Waals surface area contributed by atoms with Crippen molar-refractivity contribution in [2.75, 3.05) is 6.54 Å². The molecule has 0 radical (unpaired) electrons. The van der Waals surface area contributed by atoms with Gasteiger partial charge in [-0.3, -0.25) is 4.68 Å². The van der Waals surface area contributed by atoms with E-state index in [1.165, 1.54) is 17.7 Å². The second kappa shape index (κ2) is 5.91. The van der Waals surface area contributed by atoms with E-state index in [-0.39, 0.29) is 0 Å². The van der Waals surface area contributed by atoms with Crippen molar-refractivity contribution in [3.05, 3.63) is 17.5 Å². The Hall–Kier alpha value is -0.830. The van der Waals surface area contributed by atoms with Crippen molar-refractivity contribution in [3.8, 4) is 0 Å². The smallest absolute Gasteiger partial charge is 0.0537 e. The second-order valence-electron chi connectivity index (χ2n) is 4.44. The molecular formula is C12H23N3. The highest BCUT2D eigenvalue weighted by Gasteiger charge is 2.05. The molecule has 1 aromatic rings. The summed E-state index contributed by atoms with van der Waals surface area (Å²) in [5.41, 5.74) is 2.62. The number of nitrogens with zero attached hydrogens (tertiary/aromatic N) is 2. The summed E-state index contributed by atoms with van der Waals surface area (Å²) in [6.07, 6.45) is 3.18. The second-order valence-corrected chi connectivity index (χ2v) is 4.44. The summed E-state index contributed by atoms with van der Waals surface area (Å²) in [5, 5.41) is 7.75. The van der Waals surface area contributed by atoms with E-state index in [9.17, 15) is 0 Å². The molecule has 0 bridgehead atoms. The molecule has 0 saturated heterocycles. The number of rotatable bonds is 6. The van der Waals surface area contributed by atoms with E-state index < -0.39 is 0 Å². The van der Waals surface area contributed by atoms with Crippen LogP contribution in [0.1, 0.15) is 38.4 Å². The van der Waals surface area contributed by atoms with Gasteiger partial charge in [-0.25, -0.2) is 0 Å². The summed E-state index contributed by atoms with van der Waals surface area (Å²) in [6.45, 7) is 11.8. The molecule has 1 rings (SSSR count). The van der Waals surface area contributed by atoms with Crippen LogP contribution in [0.4, 0.5) is 0 Å². The number of aromatic nitrogens is 2. The fraction of sp³-hybridized carbons (Fsp3) is 0.750. The average Bonchev–Trinajstić information content (AvgIpc) is 2.54. The van der Waals surface area contributed by atoms with E-state index in [1.54, 1.807) is 0 Å². The standard InChI is InChI=1S/C12H23N3/c1-5-13-8-12-9-14-15(11(12)4)7-6-10(2)3/h9-10,13H,5-8H2,1-4H3. The first-order valence-electron chi connectivity index (χ1n) is 5.87. The van der Waals surface area contributed by atoms with Gasteiger partial charge in [0.2, 0.25) is 0 Å². The van der Waals surface area contributed by atoms with Crippen molar-refractivity contribution in [1.29, 1.82) is 0 Å². The first kappa shape index (κ1) is 12.2. The van der Waals surface area contributed by atoms with E-state index in [0.717, 1.165) is 25.6 Å². The number of hydrogen-bond acceptors (Lipinski definition) is 2. The Labute approximate surface area is 92.9 Å². The Balaban J connectivity index is 2.54. The van der Waals surface area contributed by atoms with Gasteiger partial charge in [0.1, 0.15) is 0 Å². The van der Waals surface area contributed by atoms with E-state index in [0.29, 0.717) is 0 Å². The minimum atomic E-state index is 0.741. The predicted octanol–water partition coefficient (Wildman–Crippen LogP) is 2.35. The summed E-state index contributed by atoms with van der Waals surface area (Å²) < 4.78 is 2.12. The van der Waals surface area contributed by atoms with Crippen molar-refractivity contribution in [1.82, 2.24) is 15.1 Å². The highest BCUT2D eigenvalue weighted by atomic mass is 15.3. The molecule has 0 saturated carbocycles. The van der Waals surface area contributed by atoms with Gasteiger partial charge >= 0.3 is 0 Å². The molecule has 1 heterocycles. The Morgan fingerprint density at radius 1 is 1.47 bits per heavy atom. The summed E-state index contributed by atoms with van der Waals surface area (Å²) in [6, 6.07) is 0. The lowest BCUT2D eigenvalue weighted by atomic mass is 10.1. The molecule has 3 heteroatoms. The van der Waals surface area contributed by atoms with Crippen LogP contribution in [-0.2, 0) is 13.1 Å². The fourth-order valence-corrected chi connectivity index (χ4v) is 1.52. The molecule has 0 fully saturated rings. The maximum Gasteiger partial charge on any atom is 0.0537 e. The topological polar surface area (TPSA) is 29.9 Å². The zero-order valence-electron chi connectivity index (χ0n) is 10.4. The third kappa shape index (κ3) is 3.67. The lowest BCUT2D eigenvalue weighted by molar-refractivity contribution is 0.480. The van der Waals surface area contributed by atoms with Gasteiger partial charge in [-0.1, -0.05) is 20.8 Å².